The van der Waals surface area contributed by atoms with Crippen LogP contribution in [0.1, 0.15) is 113 Å². The van der Waals surface area contributed by atoms with E-state index in [9.17, 15) is 30.8 Å². The minimum absolute atomic E-state index is 0.00995. The van der Waals surface area contributed by atoms with Crippen molar-refractivity contribution in [3.63, 3.8) is 0 Å². The number of methoxy groups -OCH3 is 1. The third-order valence-electron chi connectivity index (χ3n) is 11.2. The molecule has 4 aromatic heterocycles. The Morgan fingerprint density at radius 3 is 1.49 bits per heavy atom. The Morgan fingerprint density at radius 1 is 0.652 bits per heavy atom. The number of hydrogen-bond acceptors (Lipinski definition) is 15. The maximum atomic E-state index is 14.8. The number of tetrazole rings is 2. The molecule has 0 aliphatic carbocycles. The van der Waals surface area contributed by atoms with Crippen LogP contribution < -0.4 is 15.4 Å². The molecular formula is C45H55FN14O7S2. The largest absolute Gasteiger partial charge is 0.496 e. The summed E-state index contributed by atoms with van der Waals surface area (Å²) < 4.78 is 79.4. The molecule has 8 rings (SSSR count). The van der Waals surface area contributed by atoms with E-state index in [-0.39, 0.29) is 51.2 Å². The van der Waals surface area contributed by atoms with E-state index in [1.54, 1.807) is 72.6 Å². The van der Waals surface area contributed by atoms with E-state index in [1.165, 1.54) is 21.8 Å². The number of carbonyl (C=O) groups is 2. The van der Waals surface area contributed by atoms with Gasteiger partial charge < -0.3 is 15.4 Å². The number of carbonyl (C=O) groups excluding carboxylic acids is 2. The summed E-state index contributed by atoms with van der Waals surface area (Å²) in [4.78, 5) is 35.1. The molecular weight excluding hydrogens is 932 g/mol. The smallest absolute Gasteiger partial charge is 0.260 e. The molecule has 0 saturated carbocycles. The van der Waals surface area contributed by atoms with Gasteiger partial charge in [0.25, 0.3) is 11.8 Å². The first-order valence-electron chi connectivity index (χ1n) is 22.0. The van der Waals surface area contributed by atoms with Crippen molar-refractivity contribution in [3.8, 4) is 28.8 Å². The molecule has 24 heteroatoms. The van der Waals surface area contributed by atoms with Crippen LogP contribution in [0.2, 0.25) is 0 Å². The van der Waals surface area contributed by atoms with Crippen LogP contribution in [0.5, 0.6) is 5.75 Å². The molecule has 2 amide bonds. The number of hydrogen-bond donors (Lipinski definition) is 2. The van der Waals surface area contributed by atoms with Crippen molar-refractivity contribution in [3.05, 3.63) is 88.7 Å². The van der Waals surface area contributed by atoms with Crippen LogP contribution >= 0.6 is 0 Å². The first kappa shape index (κ1) is 50.3. The van der Waals surface area contributed by atoms with Crippen LogP contribution in [0.4, 0.5) is 16.0 Å². The molecule has 2 aromatic carbocycles. The summed E-state index contributed by atoms with van der Waals surface area (Å²) in [6.07, 6.45) is 0.886. The summed E-state index contributed by atoms with van der Waals surface area (Å²) in [5.74, 6) is -0.550. The second-order valence-corrected chi connectivity index (χ2v) is 22.6. The second-order valence-electron chi connectivity index (χ2n) is 18.9. The molecule has 2 aliphatic heterocycles. The Morgan fingerprint density at radius 2 is 1.07 bits per heavy atom. The third kappa shape index (κ3) is 10.2. The number of nitrogens with zero attached hydrogens (tertiary/aromatic N) is 12. The topological polar surface area (TPSA) is 255 Å². The van der Waals surface area contributed by atoms with E-state index in [1.807, 2.05) is 48.5 Å². The number of aromatic nitrogens is 10. The number of sulfonamides is 2. The zero-order chi connectivity index (χ0) is 50.4. The molecule has 0 fully saturated rings. The van der Waals surface area contributed by atoms with Crippen LogP contribution in [0.25, 0.3) is 23.0 Å². The maximum absolute atomic E-state index is 14.8. The lowest BCUT2D eigenvalue weighted by Gasteiger charge is -2.38. The van der Waals surface area contributed by atoms with Gasteiger partial charge in [0.15, 0.2) is 0 Å². The minimum atomic E-state index is -3.89. The molecule has 6 heterocycles. The number of pyridine rings is 2. The van der Waals surface area contributed by atoms with E-state index in [4.69, 9.17) is 4.74 Å². The zero-order valence-electron chi connectivity index (χ0n) is 40.2. The fourth-order valence-corrected chi connectivity index (χ4v) is 12.0. The highest BCUT2D eigenvalue weighted by Crippen LogP contribution is 2.37. The molecule has 0 bridgehead atoms. The summed E-state index contributed by atoms with van der Waals surface area (Å²) in [7, 11) is -6.23. The number of amides is 2. The SMILES string of the molecule is CC(C)n1nnnc1-c1cccc(NC(=O)c2cc3c(cc2F)CCN(C(C)(C)C)S3(=O)=O)n1.COc1cc2c(cc1C(=O)Nc1cccc(-c3nnnn3C(C)C)n1)S(=O)(=O)N(C(C)(C)C)CC2. The number of halogens is 1. The summed E-state index contributed by atoms with van der Waals surface area (Å²) in [5.41, 5.74) is 0.377. The van der Waals surface area contributed by atoms with Gasteiger partial charge in [-0.05, 0) is 163 Å². The third-order valence-corrected chi connectivity index (χ3v) is 15.7. The van der Waals surface area contributed by atoms with Crippen molar-refractivity contribution in [2.45, 2.75) is 115 Å². The van der Waals surface area contributed by atoms with Crippen LogP contribution in [0, 0.1) is 5.82 Å². The number of rotatable bonds is 9. The lowest BCUT2D eigenvalue weighted by molar-refractivity contribution is 0.101. The van der Waals surface area contributed by atoms with Gasteiger partial charge in [0.1, 0.15) is 34.6 Å². The fraction of sp³-hybridized carbons (Fsp3) is 0.422. The highest BCUT2D eigenvalue weighted by Gasteiger charge is 2.41. The van der Waals surface area contributed by atoms with Crippen molar-refractivity contribution >= 4 is 43.5 Å². The summed E-state index contributed by atoms with van der Waals surface area (Å²) >= 11 is 0. The molecule has 0 saturated heterocycles. The van der Waals surface area contributed by atoms with Crippen molar-refractivity contribution in [2.24, 2.45) is 0 Å². The molecule has 69 heavy (non-hydrogen) atoms. The number of anilines is 2. The van der Waals surface area contributed by atoms with Crippen molar-refractivity contribution in [2.75, 3.05) is 30.8 Å². The van der Waals surface area contributed by atoms with Gasteiger partial charge >= 0.3 is 0 Å². The average Bonchev–Trinajstić information content (AvgIpc) is 3.97. The Balaban J connectivity index is 0.000000204. The molecule has 0 radical (unpaired) electrons. The van der Waals surface area contributed by atoms with Gasteiger partial charge in [0, 0.05) is 24.2 Å². The number of fused-ring (bicyclic) bond motifs is 2. The van der Waals surface area contributed by atoms with E-state index < -0.39 is 48.8 Å². The van der Waals surface area contributed by atoms with Gasteiger partial charge in [-0.3, -0.25) is 9.59 Å². The monoisotopic (exact) mass is 986 g/mol. The summed E-state index contributed by atoms with van der Waals surface area (Å²) in [5, 5.41) is 28.6. The van der Waals surface area contributed by atoms with Crippen LogP contribution in [0.3, 0.4) is 0 Å². The Kier molecular flexibility index (Phi) is 13.9. The number of ether oxygens (including phenoxy) is 1. The lowest BCUT2D eigenvalue weighted by atomic mass is 10.0. The normalized spacial score (nSPS) is 15.7. The molecule has 366 valence electrons. The number of benzene rings is 2. The average molecular weight is 987 g/mol. The van der Waals surface area contributed by atoms with Gasteiger partial charge in [0.2, 0.25) is 31.7 Å². The van der Waals surface area contributed by atoms with E-state index in [0.29, 0.717) is 59.3 Å². The molecule has 2 aliphatic rings. The summed E-state index contributed by atoms with van der Waals surface area (Å²) in [6.45, 7) is 19.3. The van der Waals surface area contributed by atoms with Crippen molar-refractivity contribution < 1.29 is 35.6 Å². The maximum Gasteiger partial charge on any atom is 0.260 e. The van der Waals surface area contributed by atoms with Gasteiger partial charge in [-0.25, -0.2) is 40.6 Å². The van der Waals surface area contributed by atoms with Gasteiger partial charge in [-0.2, -0.15) is 8.61 Å². The zero-order valence-corrected chi connectivity index (χ0v) is 41.8. The van der Waals surface area contributed by atoms with Gasteiger partial charge in [0.05, 0.1) is 40.1 Å². The van der Waals surface area contributed by atoms with Crippen LogP contribution in [0.15, 0.2) is 70.5 Å². The highest BCUT2D eigenvalue weighted by molar-refractivity contribution is 7.89. The van der Waals surface area contributed by atoms with Crippen molar-refractivity contribution in [1.82, 2.24) is 59.0 Å². The molecule has 0 atom stereocenters. The standard InChI is InChI=1S/C23H29N7O4S.C22H26FN7O3S/c1-14(2)30-21(26-27-28-30)17-8-7-9-20(24-17)25-22(31)16-13-19-15(12-18(16)34-6)10-11-29(23(3,4)5)35(19,32)33;1-13(2)30-20(26-27-28-30)17-7-6-8-19(24-17)25-21(31)15-12-18-14(11-16(15)23)9-10-29(22(3,4)5)34(18,32)33/h7-9,12-14H,10-11H2,1-6H3,(H,24,25,31);6-8,11-13H,9-10H2,1-5H3,(H,24,25,31). The number of nitrogens with one attached hydrogen (secondary N) is 2. The Labute approximate surface area is 400 Å². The van der Waals surface area contributed by atoms with Gasteiger partial charge in [-0.15, -0.1) is 10.2 Å². The van der Waals surface area contributed by atoms with Crippen LogP contribution in [-0.4, -0.2) is 119 Å². The van der Waals surface area contributed by atoms with Crippen molar-refractivity contribution in [1.29, 1.82) is 0 Å². The Bertz CT molecular complexity index is 3160. The van der Waals surface area contributed by atoms with E-state index >= 15 is 0 Å². The first-order chi connectivity index (χ1) is 32.3. The molecule has 2 N–H and O–H groups in total. The van der Waals surface area contributed by atoms with E-state index in [2.05, 4.69) is 51.7 Å². The molecule has 0 spiro atoms. The second kappa shape index (κ2) is 19.0. The summed E-state index contributed by atoms with van der Waals surface area (Å²) in [6, 6.07) is 15.3. The predicted octanol–water partition coefficient (Wildman–Crippen LogP) is 5.97. The molecule has 0 unspecified atom stereocenters. The quantitative estimate of drug-likeness (QED) is 0.169. The van der Waals surface area contributed by atoms with Crippen LogP contribution in [-0.2, 0) is 32.9 Å². The first-order valence-corrected chi connectivity index (χ1v) is 24.9. The van der Waals surface area contributed by atoms with E-state index in [0.717, 1.165) is 12.1 Å². The molecule has 6 aromatic rings. The highest BCUT2D eigenvalue weighted by atomic mass is 32.2. The molecule has 21 nitrogen and oxygen atoms in total. The predicted molar refractivity (Wildman–Crippen MR) is 253 cm³/mol. The minimum Gasteiger partial charge on any atom is -0.496 e. The fourth-order valence-electron chi connectivity index (χ4n) is 7.95. The lowest BCUT2D eigenvalue weighted by Crippen LogP contribution is -2.49. The van der Waals surface area contributed by atoms with Gasteiger partial charge in [-0.1, -0.05) is 12.1 Å². The Hall–Kier alpha value is -6.63.